The maximum Gasteiger partial charge on any atom is 0.138 e. The molecule has 1 aliphatic rings. The molecular formula is C16H23N3OS. The first-order chi connectivity index (χ1) is 10.3. The van der Waals surface area contributed by atoms with Gasteiger partial charge in [0.2, 0.25) is 0 Å². The Morgan fingerprint density at radius 2 is 2.33 bits per heavy atom. The minimum atomic E-state index is 0.786. The fourth-order valence-electron chi connectivity index (χ4n) is 2.93. The quantitative estimate of drug-likeness (QED) is 0.828. The van der Waals surface area contributed by atoms with Crippen LogP contribution in [0.25, 0.3) is 10.2 Å². The molecule has 0 saturated carbocycles. The van der Waals surface area contributed by atoms with E-state index in [0.29, 0.717) is 0 Å². The van der Waals surface area contributed by atoms with Crippen LogP contribution in [0.5, 0.6) is 0 Å². The zero-order valence-corrected chi connectivity index (χ0v) is 13.6. The maximum atomic E-state index is 5.38. The van der Waals surface area contributed by atoms with E-state index in [0.717, 1.165) is 49.2 Å². The Balaban J connectivity index is 1.79. The Morgan fingerprint density at radius 3 is 3.19 bits per heavy atom. The van der Waals surface area contributed by atoms with Gasteiger partial charge in [-0.3, -0.25) is 0 Å². The molecule has 114 valence electrons. The number of ether oxygens (including phenoxy) is 1. The van der Waals surface area contributed by atoms with Crippen molar-refractivity contribution in [2.75, 3.05) is 25.1 Å². The van der Waals surface area contributed by atoms with Crippen LogP contribution in [0.2, 0.25) is 0 Å². The second-order valence-electron chi connectivity index (χ2n) is 5.73. The number of hydrogen-bond donors (Lipinski definition) is 1. The molecule has 3 rings (SSSR count). The highest BCUT2D eigenvalue weighted by Crippen LogP contribution is 2.39. The number of nitrogens with one attached hydrogen (secondary N) is 1. The predicted octanol–water partition coefficient (Wildman–Crippen LogP) is 3.65. The largest absolute Gasteiger partial charge is 0.382 e. The molecular weight excluding hydrogens is 282 g/mol. The number of fused-ring (bicyclic) bond motifs is 3. The molecule has 0 bridgehead atoms. The van der Waals surface area contributed by atoms with Crippen molar-refractivity contribution < 1.29 is 4.74 Å². The summed E-state index contributed by atoms with van der Waals surface area (Å²) in [5.41, 5.74) is 1.49. The van der Waals surface area contributed by atoms with Gasteiger partial charge in [-0.2, -0.15) is 0 Å². The lowest BCUT2D eigenvalue weighted by atomic mass is 9.89. The van der Waals surface area contributed by atoms with Crippen molar-refractivity contribution in [2.24, 2.45) is 5.92 Å². The standard InChI is InChI=1S/C16H23N3OS/c1-3-20-8-4-7-17-15-14-12-6-5-11(2)9-13(12)21-16(14)19-10-18-15/h10-11H,3-9H2,1-2H3,(H,17,18,19)/t11-/m0/s1. The normalized spacial score (nSPS) is 17.9. The van der Waals surface area contributed by atoms with E-state index >= 15 is 0 Å². The molecule has 0 amide bonds. The van der Waals surface area contributed by atoms with Gasteiger partial charge in [-0.15, -0.1) is 11.3 Å². The number of anilines is 1. The number of nitrogens with zero attached hydrogens (tertiary/aromatic N) is 2. The summed E-state index contributed by atoms with van der Waals surface area (Å²) in [5.74, 6) is 1.80. The summed E-state index contributed by atoms with van der Waals surface area (Å²) >= 11 is 1.85. The minimum Gasteiger partial charge on any atom is -0.382 e. The molecule has 21 heavy (non-hydrogen) atoms. The van der Waals surface area contributed by atoms with Gasteiger partial charge in [0.25, 0.3) is 0 Å². The lowest BCUT2D eigenvalue weighted by Crippen LogP contribution is -2.10. The fourth-order valence-corrected chi connectivity index (χ4v) is 4.28. The van der Waals surface area contributed by atoms with E-state index in [1.807, 2.05) is 18.3 Å². The molecule has 0 aromatic carbocycles. The Labute approximate surface area is 129 Å². The molecule has 2 heterocycles. The molecule has 1 N–H and O–H groups in total. The minimum absolute atomic E-state index is 0.786. The van der Waals surface area contributed by atoms with E-state index < -0.39 is 0 Å². The van der Waals surface area contributed by atoms with E-state index in [-0.39, 0.29) is 0 Å². The molecule has 0 saturated heterocycles. The summed E-state index contributed by atoms with van der Waals surface area (Å²) in [4.78, 5) is 11.6. The average Bonchev–Trinajstić information content (AvgIpc) is 2.85. The molecule has 4 nitrogen and oxygen atoms in total. The van der Waals surface area contributed by atoms with Gasteiger partial charge < -0.3 is 10.1 Å². The fraction of sp³-hybridized carbons (Fsp3) is 0.625. The van der Waals surface area contributed by atoms with Crippen molar-refractivity contribution >= 4 is 27.4 Å². The van der Waals surface area contributed by atoms with E-state index in [1.165, 1.54) is 28.7 Å². The van der Waals surface area contributed by atoms with Gasteiger partial charge in [0, 0.05) is 24.6 Å². The van der Waals surface area contributed by atoms with E-state index in [4.69, 9.17) is 4.74 Å². The van der Waals surface area contributed by atoms with Crippen LogP contribution in [0, 0.1) is 5.92 Å². The van der Waals surface area contributed by atoms with Crippen LogP contribution >= 0.6 is 11.3 Å². The van der Waals surface area contributed by atoms with Crippen LogP contribution in [0.3, 0.4) is 0 Å². The third kappa shape index (κ3) is 3.19. The summed E-state index contributed by atoms with van der Waals surface area (Å²) in [6, 6.07) is 0. The first-order valence-corrected chi connectivity index (χ1v) is 8.68. The topological polar surface area (TPSA) is 47.0 Å². The van der Waals surface area contributed by atoms with Crippen LogP contribution in [-0.4, -0.2) is 29.7 Å². The number of aryl methyl sites for hydroxylation is 1. The number of aromatic nitrogens is 2. The van der Waals surface area contributed by atoms with Crippen LogP contribution in [0.4, 0.5) is 5.82 Å². The smallest absolute Gasteiger partial charge is 0.138 e. The summed E-state index contributed by atoms with van der Waals surface area (Å²) in [7, 11) is 0. The second-order valence-corrected chi connectivity index (χ2v) is 6.82. The zero-order chi connectivity index (χ0) is 14.7. The third-order valence-electron chi connectivity index (χ3n) is 4.05. The third-order valence-corrected chi connectivity index (χ3v) is 5.22. The van der Waals surface area contributed by atoms with E-state index in [2.05, 4.69) is 22.2 Å². The SMILES string of the molecule is CCOCCCNc1ncnc2sc3c(c12)CC[C@H](C)C3. The monoisotopic (exact) mass is 305 g/mol. The molecule has 1 atom stereocenters. The van der Waals surface area contributed by atoms with Gasteiger partial charge in [0.05, 0.1) is 5.39 Å². The van der Waals surface area contributed by atoms with Gasteiger partial charge in [0.1, 0.15) is 17.0 Å². The molecule has 0 spiro atoms. The Morgan fingerprint density at radius 1 is 1.43 bits per heavy atom. The molecule has 0 radical (unpaired) electrons. The predicted molar refractivity (Wildman–Crippen MR) is 88.2 cm³/mol. The summed E-state index contributed by atoms with van der Waals surface area (Å²) in [6.45, 7) is 6.85. The van der Waals surface area contributed by atoms with Crippen molar-refractivity contribution in [3.8, 4) is 0 Å². The highest BCUT2D eigenvalue weighted by atomic mass is 32.1. The van der Waals surface area contributed by atoms with Gasteiger partial charge >= 0.3 is 0 Å². The van der Waals surface area contributed by atoms with Crippen molar-refractivity contribution in [3.63, 3.8) is 0 Å². The molecule has 0 aliphatic heterocycles. The molecule has 1 aliphatic carbocycles. The van der Waals surface area contributed by atoms with Crippen molar-refractivity contribution in [1.29, 1.82) is 0 Å². The average molecular weight is 305 g/mol. The van der Waals surface area contributed by atoms with Crippen LogP contribution in [0.15, 0.2) is 6.33 Å². The molecule has 0 fully saturated rings. The van der Waals surface area contributed by atoms with Crippen LogP contribution in [-0.2, 0) is 17.6 Å². The second kappa shape index (κ2) is 6.71. The van der Waals surface area contributed by atoms with E-state index in [1.54, 1.807) is 6.33 Å². The van der Waals surface area contributed by atoms with E-state index in [9.17, 15) is 0 Å². The van der Waals surface area contributed by atoms with Crippen molar-refractivity contribution in [1.82, 2.24) is 9.97 Å². The Bertz CT molecular complexity index is 611. The van der Waals surface area contributed by atoms with Crippen LogP contribution < -0.4 is 5.32 Å². The van der Waals surface area contributed by atoms with Gasteiger partial charge in [-0.25, -0.2) is 9.97 Å². The number of hydrogen-bond acceptors (Lipinski definition) is 5. The first-order valence-electron chi connectivity index (χ1n) is 7.86. The van der Waals surface area contributed by atoms with Gasteiger partial charge in [0.15, 0.2) is 0 Å². The number of rotatable bonds is 6. The summed E-state index contributed by atoms with van der Waals surface area (Å²) in [5, 5.41) is 4.73. The zero-order valence-electron chi connectivity index (χ0n) is 12.8. The summed E-state index contributed by atoms with van der Waals surface area (Å²) < 4.78 is 5.38. The Hall–Kier alpha value is -1.20. The first kappa shape index (κ1) is 14.7. The van der Waals surface area contributed by atoms with Crippen LogP contribution in [0.1, 0.15) is 37.1 Å². The lowest BCUT2D eigenvalue weighted by Gasteiger charge is -2.18. The number of thiophene rings is 1. The molecule has 2 aromatic rings. The van der Waals surface area contributed by atoms with Crippen molar-refractivity contribution in [3.05, 3.63) is 16.8 Å². The Kier molecular flexibility index (Phi) is 4.70. The summed E-state index contributed by atoms with van der Waals surface area (Å²) in [6.07, 6.45) is 6.32. The molecule has 5 heteroatoms. The van der Waals surface area contributed by atoms with Gasteiger partial charge in [-0.05, 0) is 44.1 Å². The van der Waals surface area contributed by atoms with Crippen molar-refractivity contribution in [2.45, 2.75) is 39.5 Å². The maximum absolute atomic E-state index is 5.38. The van der Waals surface area contributed by atoms with Gasteiger partial charge in [-0.1, -0.05) is 6.92 Å². The highest BCUT2D eigenvalue weighted by Gasteiger charge is 2.22. The lowest BCUT2D eigenvalue weighted by molar-refractivity contribution is 0.147. The highest BCUT2D eigenvalue weighted by molar-refractivity contribution is 7.19. The molecule has 0 unspecified atom stereocenters. The molecule has 2 aromatic heterocycles.